The van der Waals surface area contributed by atoms with E-state index in [1.807, 2.05) is 5.38 Å². The predicted octanol–water partition coefficient (Wildman–Crippen LogP) is 0.934. The molecule has 0 radical (unpaired) electrons. The van der Waals surface area contributed by atoms with Crippen LogP contribution in [0.25, 0.3) is 10.1 Å². The molecule has 0 saturated heterocycles. The number of hydrogen-bond donors (Lipinski definition) is 4. The predicted molar refractivity (Wildman–Crippen MR) is 105 cm³/mol. The molecule has 0 saturated carbocycles. The standard InChI is InChI=1S/C18H19N5O4S/c1-20-17(25)10-4-12(6-21-5-10)27-8-11-9-28-15-13(18(26)22-2-3-24)7-23-16(19)14(11)15/h4-7,9,24H,2-3,8H2,1H3,(H2,19,23)(H,20,25)(H,22,26). The summed E-state index contributed by atoms with van der Waals surface area (Å²) in [6, 6.07) is 1.59. The van der Waals surface area contributed by atoms with Gasteiger partial charge in [-0.15, -0.1) is 11.3 Å². The van der Waals surface area contributed by atoms with Crippen LogP contribution in [0.4, 0.5) is 5.82 Å². The highest BCUT2D eigenvalue weighted by molar-refractivity contribution is 7.17. The van der Waals surface area contributed by atoms with E-state index in [1.54, 1.807) is 6.07 Å². The van der Waals surface area contributed by atoms with E-state index >= 15 is 0 Å². The highest BCUT2D eigenvalue weighted by Crippen LogP contribution is 2.33. The van der Waals surface area contributed by atoms with Gasteiger partial charge >= 0.3 is 0 Å². The van der Waals surface area contributed by atoms with E-state index in [1.165, 1.54) is 37.0 Å². The first-order valence-corrected chi connectivity index (χ1v) is 9.26. The Morgan fingerprint density at radius 1 is 1.29 bits per heavy atom. The van der Waals surface area contributed by atoms with Gasteiger partial charge in [0.1, 0.15) is 18.2 Å². The van der Waals surface area contributed by atoms with Crippen LogP contribution in [0.5, 0.6) is 5.75 Å². The minimum atomic E-state index is -0.330. The quantitative estimate of drug-likeness (QED) is 0.462. The van der Waals surface area contributed by atoms with Crippen molar-refractivity contribution in [1.82, 2.24) is 20.6 Å². The lowest BCUT2D eigenvalue weighted by Crippen LogP contribution is -2.26. The van der Waals surface area contributed by atoms with E-state index in [2.05, 4.69) is 20.6 Å². The highest BCUT2D eigenvalue weighted by atomic mass is 32.1. The molecule has 0 spiro atoms. The van der Waals surface area contributed by atoms with Gasteiger partial charge in [0.15, 0.2) is 0 Å². The number of carbonyl (C=O) groups excluding carboxylic acids is 2. The van der Waals surface area contributed by atoms with Crippen LogP contribution < -0.4 is 21.1 Å². The third kappa shape index (κ3) is 4.02. The second-order valence-electron chi connectivity index (χ2n) is 5.78. The van der Waals surface area contributed by atoms with Crippen molar-refractivity contribution in [3.05, 3.63) is 46.7 Å². The molecule has 0 atom stereocenters. The Kier molecular flexibility index (Phi) is 6.02. The van der Waals surface area contributed by atoms with Crippen LogP contribution in [-0.4, -0.2) is 47.1 Å². The van der Waals surface area contributed by atoms with Crippen LogP contribution in [0.1, 0.15) is 26.3 Å². The molecule has 3 aromatic heterocycles. The number of aromatic nitrogens is 2. The lowest BCUT2D eigenvalue weighted by atomic mass is 10.1. The fourth-order valence-electron chi connectivity index (χ4n) is 2.59. The number of nitrogens with two attached hydrogens (primary N) is 1. The molecule has 10 heteroatoms. The maximum absolute atomic E-state index is 12.3. The summed E-state index contributed by atoms with van der Waals surface area (Å²) in [5.74, 6) is 0.142. The average molecular weight is 401 g/mol. The number of nitrogens with zero attached hydrogens (tertiary/aromatic N) is 2. The summed E-state index contributed by atoms with van der Waals surface area (Å²) in [4.78, 5) is 32.1. The number of nitrogens with one attached hydrogen (secondary N) is 2. The number of aliphatic hydroxyl groups is 1. The Morgan fingerprint density at radius 2 is 2.11 bits per heavy atom. The minimum absolute atomic E-state index is 0.149. The number of hydrogen-bond acceptors (Lipinski definition) is 8. The van der Waals surface area contributed by atoms with Gasteiger partial charge in [-0.1, -0.05) is 0 Å². The average Bonchev–Trinajstić information content (AvgIpc) is 3.15. The molecule has 9 nitrogen and oxygen atoms in total. The maximum Gasteiger partial charge on any atom is 0.254 e. The van der Waals surface area contributed by atoms with Crippen molar-refractivity contribution < 1.29 is 19.4 Å². The smallest absolute Gasteiger partial charge is 0.254 e. The summed E-state index contributed by atoms with van der Waals surface area (Å²) in [6.07, 6.45) is 4.38. The normalized spacial score (nSPS) is 10.6. The van der Waals surface area contributed by atoms with E-state index in [4.69, 9.17) is 15.6 Å². The molecule has 0 aliphatic rings. The summed E-state index contributed by atoms with van der Waals surface area (Å²) in [5.41, 5.74) is 7.57. The van der Waals surface area contributed by atoms with Gasteiger partial charge in [-0.05, 0) is 11.4 Å². The number of ether oxygens (including phenoxy) is 1. The minimum Gasteiger partial charge on any atom is -0.487 e. The Balaban J connectivity index is 1.85. The molecule has 3 heterocycles. The molecule has 2 amide bonds. The van der Waals surface area contributed by atoms with Gasteiger partial charge in [-0.2, -0.15) is 0 Å². The number of thiophene rings is 1. The number of aliphatic hydroxyl groups excluding tert-OH is 1. The van der Waals surface area contributed by atoms with Crippen molar-refractivity contribution in [2.24, 2.45) is 0 Å². The van der Waals surface area contributed by atoms with Crippen molar-refractivity contribution in [3.8, 4) is 5.75 Å². The van der Waals surface area contributed by atoms with Crippen LogP contribution in [-0.2, 0) is 6.61 Å². The van der Waals surface area contributed by atoms with Crippen LogP contribution in [0.15, 0.2) is 30.0 Å². The Labute approximate surface area is 164 Å². The van der Waals surface area contributed by atoms with Gasteiger partial charge in [0, 0.05) is 36.9 Å². The second kappa shape index (κ2) is 8.63. The summed E-state index contributed by atoms with van der Waals surface area (Å²) in [6.45, 7) is 0.178. The molecule has 3 rings (SSSR count). The molecule has 3 aromatic rings. The Bertz CT molecular complexity index is 1020. The summed E-state index contributed by atoms with van der Waals surface area (Å²) >= 11 is 1.36. The largest absolute Gasteiger partial charge is 0.487 e. The van der Waals surface area contributed by atoms with Gasteiger partial charge in [0.2, 0.25) is 0 Å². The Morgan fingerprint density at radius 3 is 2.86 bits per heavy atom. The number of anilines is 1. The fourth-order valence-corrected chi connectivity index (χ4v) is 3.66. The molecule has 0 fully saturated rings. The molecular weight excluding hydrogens is 382 g/mol. The van der Waals surface area contributed by atoms with E-state index in [0.29, 0.717) is 32.8 Å². The number of pyridine rings is 2. The SMILES string of the molecule is CNC(=O)c1cncc(OCc2csc3c(C(=O)NCCO)cnc(N)c23)c1. The van der Waals surface area contributed by atoms with Crippen molar-refractivity contribution in [2.75, 3.05) is 25.9 Å². The van der Waals surface area contributed by atoms with Crippen molar-refractivity contribution in [3.63, 3.8) is 0 Å². The van der Waals surface area contributed by atoms with E-state index in [9.17, 15) is 9.59 Å². The van der Waals surface area contributed by atoms with Crippen LogP contribution >= 0.6 is 11.3 Å². The van der Waals surface area contributed by atoms with E-state index < -0.39 is 0 Å². The number of nitrogen functional groups attached to an aromatic ring is 1. The molecule has 0 unspecified atom stereocenters. The van der Waals surface area contributed by atoms with Crippen molar-refractivity contribution in [2.45, 2.75) is 6.61 Å². The maximum atomic E-state index is 12.3. The van der Waals surface area contributed by atoms with Gasteiger partial charge in [0.05, 0.1) is 28.6 Å². The zero-order valence-electron chi connectivity index (χ0n) is 15.1. The van der Waals surface area contributed by atoms with Gasteiger partial charge in [-0.3, -0.25) is 14.6 Å². The summed E-state index contributed by atoms with van der Waals surface area (Å²) < 4.78 is 6.45. The lowest BCUT2D eigenvalue weighted by molar-refractivity contribution is 0.0943. The van der Waals surface area contributed by atoms with Gasteiger partial charge in [0.25, 0.3) is 11.8 Å². The molecule has 0 bridgehead atoms. The molecule has 0 aliphatic carbocycles. The fraction of sp³-hybridized carbons (Fsp3) is 0.222. The molecule has 146 valence electrons. The molecule has 5 N–H and O–H groups in total. The first-order valence-electron chi connectivity index (χ1n) is 8.38. The van der Waals surface area contributed by atoms with Crippen molar-refractivity contribution >= 4 is 39.1 Å². The monoisotopic (exact) mass is 401 g/mol. The first-order chi connectivity index (χ1) is 13.5. The molecular formula is C18H19N5O4S. The zero-order valence-corrected chi connectivity index (χ0v) is 15.9. The summed E-state index contributed by atoms with van der Waals surface area (Å²) in [5, 5.41) is 16.5. The third-order valence-electron chi connectivity index (χ3n) is 3.94. The Hall–Kier alpha value is -3.24. The van der Waals surface area contributed by atoms with Gasteiger partial charge < -0.3 is 26.2 Å². The number of fused-ring (bicyclic) bond motifs is 1. The van der Waals surface area contributed by atoms with Crippen LogP contribution in [0, 0.1) is 0 Å². The number of rotatable bonds is 7. The number of amides is 2. The first kappa shape index (κ1) is 19.5. The zero-order chi connectivity index (χ0) is 20.1. The van der Waals surface area contributed by atoms with Crippen molar-refractivity contribution in [1.29, 1.82) is 0 Å². The van der Waals surface area contributed by atoms with E-state index in [0.717, 1.165) is 5.56 Å². The number of carbonyl (C=O) groups is 2. The third-order valence-corrected chi connectivity index (χ3v) is 5.00. The molecule has 0 aliphatic heterocycles. The van der Waals surface area contributed by atoms with E-state index in [-0.39, 0.29) is 31.6 Å². The van der Waals surface area contributed by atoms with Crippen LogP contribution in [0.3, 0.4) is 0 Å². The lowest BCUT2D eigenvalue weighted by Gasteiger charge is -2.09. The summed E-state index contributed by atoms with van der Waals surface area (Å²) in [7, 11) is 1.54. The topological polar surface area (TPSA) is 139 Å². The molecule has 0 aromatic carbocycles. The molecule has 28 heavy (non-hydrogen) atoms. The van der Waals surface area contributed by atoms with Crippen LogP contribution in [0.2, 0.25) is 0 Å². The van der Waals surface area contributed by atoms with Gasteiger partial charge in [-0.25, -0.2) is 4.98 Å². The second-order valence-corrected chi connectivity index (χ2v) is 6.66. The highest BCUT2D eigenvalue weighted by Gasteiger charge is 2.17.